The van der Waals surface area contributed by atoms with Crippen molar-refractivity contribution in [2.75, 3.05) is 19.3 Å². The summed E-state index contributed by atoms with van der Waals surface area (Å²) in [4.78, 5) is 14.5. The van der Waals surface area contributed by atoms with Gasteiger partial charge in [-0.15, -0.1) is 0 Å². The van der Waals surface area contributed by atoms with Crippen LogP contribution in [0.5, 0.6) is 0 Å². The number of nitrogens with zero attached hydrogens (tertiary/aromatic N) is 1. The first kappa shape index (κ1) is 17.0. The van der Waals surface area contributed by atoms with Crippen LogP contribution >= 0.6 is 0 Å². The van der Waals surface area contributed by atoms with E-state index in [1.54, 1.807) is 24.3 Å². The minimum atomic E-state index is -3.20. The lowest BCUT2D eigenvalue weighted by molar-refractivity contribution is -0.129. The van der Waals surface area contributed by atoms with Gasteiger partial charge in [0.05, 0.1) is 11.3 Å². The molecule has 0 radical (unpaired) electrons. The molecule has 0 aromatic heterocycles. The minimum absolute atomic E-state index is 0.0385. The highest BCUT2D eigenvalue weighted by Gasteiger charge is 2.34. The molecule has 0 saturated carbocycles. The van der Waals surface area contributed by atoms with E-state index in [1.807, 2.05) is 4.90 Å². The van der Waals surface area contributed by atoms with Gasteiger partial charge in [-0.05, 0) is 29.5 Å². The lowest BCUT2D eigenvalue weighted by Gasteiger charge is -2.18. The number of benzene rings is 1. The number of rotatable bonds is 4. The Balaban J connectivity index is 2.01. The van der Waals surface area contributed by atoms with Crippen molar-refractivity contribution >= 4 is 15.7 Å². The van der Waals surface area contributed by atoms with E-state index >= 15 is 0 Å². The number of carbonyl (C=O) groups is 1. The molecule has 0 aliphatic carbocycles. The molecule has 2 N–H and O–H groups in total. The van der Waals surface area contributed by atoms with Crippen LogP contribution in [-0.4, -0.2) is 44.6 Å². The summed E-state index contributed by atoms with van der Waals surface area (Å²) in [7, 11) is -3.20. The van der Waals surface area contributed by atoms with Crippen LogP contribution < -0.4 is 5.73 Å². The van der Waals surface area contributed by atoms with Crippen molar-refractivity contribution in [2.24, 2.45) is 17.6 Å². The third kappa shape index (κ3) is 3.87. The van der Waals surface area contributed by atoms with Crippen LogP contribution in [0.3, 0.4) is 0 Å². The number of hydrogen-bond acceptors (Lipinski definition) is 4. The zero-order valence-corrected chi connectivity index (χ0v) is 14.1. The average molecular weight is 324 g/mol. The molecule has 5 nitrogen and oxygen atoms in total. The molecule has 1 aliphatic rings. The summed E-state index contributed by atoms with van der Waals surface area (Å²) < 4.78 is 22.8. The molecule has 1 amide bonds. The van der Waals surface area contributed by atoms with Crippen LogP contribution in [0.15, 0.2) is 29.2 Å². The number of likely N-dealkylation sites (tertiary alicyclic amines) is 1. The molecule has 0 bridgehead atoms. The Morgan fingerprint density at radius 1 is 1.27 bits per heavy atom. The van der Waals surface area contributed by atoms with Crippen molar-refractivity contribution in [1.29, 1.82) is 0 Å². The van der Waals surface area contributed by atoms with Crippen molar-refractivity contribution in [1.82, 2.24) is 4.90 Å². The first-order chi connectivity index (χ1) is 10.2. The van der Waals surface area contributed by atoms with Gasteiger partial charge in [-0.3, -0.25) is 4.79 Å². The molecular formula is C16H24N2O3S. The fourth-order valence-corrected chi connectivity index (χ4v) is 3.53. The Bertz CT molecular complexity index is 638. The predicted molar refractivity (Wildman–Crippen MR) is 86.1 cm³/mol. The van der Waals surface area contributed by atoms with Gasteiger partial charge in [0, 0.05) is 25.4 Å². The van der Waals surface area contributed by atoms with Crippen molar-refractivity contribution in [3.8, 4) is 0 Å². The van der Waals surface area contributed by atoms with E-state index in [2.05, 4.69) is 13.8 Å². The van der Waals surface area contributed by atoms with Crippen LogP contribution in [0, 0.1) is 11.8 Å². The van der Waals surface area contributed by atoms with Crippen LogP contribution in [0.2, 0.25) is 0 Å². The number of amides is 1. The fourth-order valence-electron chi connectivity index (χ4n) is 2.90. The van der Waals surface area contributed by atoms with Crippen molar-refractivity contribution in [3.05, 3.63) is 29.8 Å². The average Bonchev–Trinajstić information content (AvgIpc) is 2.80. The predicted octanol–water partition coefficient (Wildman–Crippen LogP) is 1.07. The van der Waals surface area contributed by atoms with Crippen LogP contribution in [-0.2, 0) is 21.1 Å². The number of carbonyl (C=O) groups excluding carboxylic acids is 1. The van der Waals surface area contributed by atoms with Gasteiger partial charge in [0.2, 0.25) is 5.91 Å². The van der Waals surface area contributed by atoms with Gasteiger partial charge in [-0.2, -0.15) is 0 Å². The highest BCUT2D eigenvalue weighted by atomic mass is 32.2. The molecule has 22 heavy (non-hydrogen) atoms. The Hall–Kier alpha value is -1.40. The first-order valence-corrected chi connectivity index (χ1v) is 9.40. The van der Waals surface area contributed by atoms with Gasteiger partial charge in [-0.25, -0.2) is 8.42 Å². The van der Waals surface area contributed by atoms with Crippen LogP contribution in [0.1, 0.15) is 19.4 Å². The molecule has 1 aromatic carbocycles. The second-order valence-corrected chi connectivity index (χ2v) is 8.48. The van der Waals surface area contributed by atoms with Gasteiger partial charge in [0.1, 0.15) is 0 Å². The van der Waals surface area contributed by atoms with E-state index in [1.165, 1.54) is 6.26 Å². The van der Waals surface area contributed by atoms with E-state index in [0.717, 1.165) is 5.56 Å². The van der Waals surface area contributed by atoms with Gasteiger partial charge >= 0.3 is 0 Å². The van der Waals surface area contributed by atoms with Gasteiger partial charge in [0.15, 0.2) is 9.84 Å². The van der Waals surface area contributed by atoms with E-state index < -0.39 is 9.84 Å². The first-order valence-electron chi connectivity index (χ1n) is 7.51. The Kier molecular flexibility index (Phi) is 4.92. The fraction of sp³-hybridized carbons (Fsp3) is 0.562. The zero-order valence-electron chi connectivity index (χ0n) is 13.3. The normalized spacial score (nSPS) is 22.3. The van der Waals surface area contributed by atoms with Gasteiger partial charge < -0.3 is 10.6 Å². The maximum absolute atomic E-state index is 12.4. The molecule has 6 heteroatoms. The van der Waals surface area contributed by atoms with Gasteiger partial charge in [-0.1, -0.05) is 26.0 Å². The lowest BCUT2D eigenvalue weighted by atomic mass is 9.92. The molecule has 1 aromatic rings. The molecule has 1 saturated heterocycles. The quantitative estimate of drug-likeness (QED) is 0.898. The molecule has 1 aliphatic heterocycles. The highest BCUT2D eigenvalue weighted by molar-refractivity contribution is 7.90. The summed E-state index contributed by atoms with van der Waals surface area (Å²) in [6.45, 7) is 5.56. The monoisotopic (exact) mass is 324 g/mol. The number of hydrogen-bond donors (Lipinski definition) is 1. The number of sulfone groups is 1. The van der Waals surface area contributed by atoms with E-state index in [4.69, 9.17) is 5.73 Å². The molecule has 1 fully saturated rings. The second kappa shape index (κ2) is 6.38. The Morgan fingerprint density at radius 2 is 1.86 bits per heavy atom. The molecule has 122 valence electrons. The van der Waals surface area contributed by atoms with E-state index in [9.17, 15) is 13.2 Å². The van der Waals surface area contributed by atoms with Crippen molar-refractivity contribution in [3.63, 3.8) is 0 Å². The molecule has 0 spiro atoms. The van der Waals surface area contributed by atoms with E-state index in [0.29, 0.717) is 24.9 Å². The Labute approximate surface area is 132 Å². The summed E-state index contributed by atoms with van der Waals surface area (Å²) in [6, 6.07) is 6.53. The molecule has 1 heterocycles. The number of nitrogens with two attached hydrogens (primary N) is 1. The highest BCUT2D eigenvalue weighted by Crippen LogP contribution is 2.23. The zero-order chi connectivity index (χ0) is 16.5. The summed E-state index contributed by atoms with van der Waals surface area (Å²) in [6.07, 6.45) is 1.45. The lowest BCUT2D eigenvalue weighted by Crippen LogP contribution is -2.33. The topological polar surface area (TPSA) is 80.5 Å². The molecule has 2 rings (SSSR count). The minimum Gasteiger partial charge on any atom is -0.340 e. The van der Waals surface area contributed by atoms with E-state index in [-0.39, 0.29) is 23.3 Å². The third-order valence-corrected chi connectivity index (χ3v) is 5.46. The molecule has 2 atom stereocenters. The Morgan fingerprint density at radius 3 is 2.32 bits per heavy atom. The van der Waals surface area contributed by atoms with Crippen molar-refractivity contribution < 1.29 is 13.2 Å². The summed E-state index contributed by atoms with van der Waals surface area (Å²) in [5, 5.41) is 0. The van der Waals surface area contributed by atoms with Crippen LogP contribution in [0.25, 0.3) is 0 Å². The molecule has 0 unspecified atom stereocenters. The standard InChI is InChI=1S/C16H24N2O3S/c1-11(2)14-9-18(10-15(14)17)16(19)8-12-4-6-13(7-5-12)22(3,20)21/h4-7,11,14-15H,8-10,17H2,1-3H3/t14-,15+/m1/s1. The van der Waals surface area contributed by atoms with Crippen LogP contribution in [0.4, 0.5) is 0 Å². The summed E-state index contributed by atoms with van der Waals surface area (Å²) in [5.41, 5.74) is 6.93. The smallest absolute Gasteiger partial charge is 0.227 e. The SMILES string of the molecule is CC(C)[C@H]1CN(C(=O)Cc2ccc(S(C)(=O)=O)cc2)C[C@@H]1N. The third-order valence-electron chi connectivity index (χ3n) is 4.33. The summed E-state index contributed by atoms with van der Waals surface area (Å²) in [5.74, 6) is 0.851. The van der Waals surface area contributed by atoms with Gasteiger partial charge in [0.25, 0.3) is 0 Å². The maximum Gasteiger partial charge on any atom is 0.227 e. The maximum atomic E-state index is 12.4. The second-order valence-electron chi connectivity index (χ2n) is 6.46. The molecular weight excluding hydrogens is 300 g/mol. The largest absolute Gasteiger partial charge is 0.340 e. The summed E-state index contributed by atoms with van der Waals surface area (Å²) >= 11 is 0. The van der Waals surface area contributed by atoms with Crippen molar-refractivity contribution in [2.45, 2.75) is 31.2 Å².